The lowest BCUT2D eigenvalue weighted by molar-refractivity contribution is -0.384. The third-order valence-electron chi connectivity index (χ3n) is 6.07. The Labute approximate surface area is 224 Å². The molecule has 1 N–H and O–H groups in total. The van der Waals surface area contributed by atoms with Gasteiger partial charge in [0.05, 0.1) is 33.4 Å². The predicted molar refractivity (Wildman–Crippen MR) is 142 cm³/mol. The highest BCUT2D eigenvalue weighted by atomic mass is 32.1. The molecule has 5 rings (SSSR count). The molecular weight excluding hydrogens is 525 g/mol. The molecule has 0 radical (unpaired) electrons. The Morgan fingerprint density at radius 2 is 1.90 bits per heavy atom. The van der Waals surface area contributed by atoms with Crippen LogP contribution in [-0.2, 0) is 9.53 Å². The molecule has 39 heavy (non-hydrogen) atoms. The first kappa shape index (κ1) is 25.7. The molecule has 1 aliphatic heterocycles. The second-order valence-corrected chi connectivity index (χ2v) is 9.49. The number of halogens is 1. The van der Waals surface area contributed by atoms with Crippen LogP contribution in [0.25, 0.3) is 11.8 Å². The Morgan fingerprint density at radius 1 is 1.18 bits per heavy atom. The standard InChI is InChI=1S/C28H20FN3O6S/c1-2-38-27(35)23-24(16-6-4-3-5-7-16)30-28-31(25(23)17-8-10-19(29)11-9-17)26(34)22(39-28)15-18-14-20(32(36)37)12-13-21(18)33/h3-15,25,33H,2H2,1H3/b22-15-/t25-/m0/s1. The highest BCUT2D eigenvalue weighted by molar-refractivity contribution is 7.07. The molecule has 1 aliphatic rings. The number of thiazole rings is 1. The smallest absolute Gasteiger partial charge is 0.338 e. The number of nitro groups is 1. The van der Waals surface area contributed by atoms with E-state index in [1.807, 2.05) is 6.07 Å². The quantitative estimate of drug-likeness (QED) is 0.224. The number of nitro benzene ring substituents is 1. The maximum absolute atomic E-state index is 13.9. The summed E-state index contributed by atoms with van der Waals surface area (Å²) in [7, 11) is 0. The van der Waals surface area contributed by atoms with E-state index >= 15 is 0 Å². The van der Waals surface area contributed by atoms with Crippen LogP contribution in [0.2, 0.25) is 0 Å². The first-order chi connectivity index (χ1) is 18.8. The van der Waals surface area contributed by atoms with Crippen molar-refractivity contribution in [3.05, 3.63) is 131 Å². The van der Waals surface area contributed by atoms with Gasteiger partial charge in [-0.3, -0.25) is 19.5 Å². The van der Waals surface area contributed by atoms with E-state index in [1.165, 1.54) is 41.0 Å². The number of phenolic OH excluding ortho intramolecular Hbond substituents is 1. The van der Waals surface area contributed by atoms with Gasteiger partial charge in [0.2, 0.25) is 0 Å². The molecule has 9 nitrogen and oxygen atoms in total. The average Bonchev–Trinajstić information content (AvgIpc) is 3.24. The van der Waals surface area contributed by atoms with E-state index < -0.39 is 28.3 Å². The van der Waals surface area contributed by atoms with Gasteiger partial charge in [-0.25, -0.2) is 14.2 Å². The molecule has 196 valence electrons. The number of aromatic hydroxyl groups is 1. The summed E-state index contributed by atoms with van der Waals surface area (Å²) < 4.78 is 20.7. The molecule has 1 atom stereocenters. The van der Waals surface area contributed by atoms with E-state index in [-0.39, 0.29) is 38.5 Å². The molecule has 0 spiro atoms. The molecule has 2 heterocycles. The second kappa shape index (κ2) is 10.5. The van der Waals surface area contributed by atoms with E-state index in [4.69, 9.17) is 4.74 Å². The zero-order chi connectivity index (χ0) is 27.7. The van der Waals surface area contributed by atoms with E-state index in [0.29, 0.717) is 16.8 Å². The van der Waals surface area contributed by atoms with Gasteiger partial charge < -0.3 is 9.84 Å². The Hall–Kier alpha value is -4.90. The highest BCUT2D eigenvalue weighted by Gasteiger charge is 2.35. The number of fused-ring (bicyclic) bond motifs is 1. The first-order valence-electron chi connectivity index (χ1n) is 11.8. The number of hydrogen-bond donors (Lipinski definition) is 1. The third kappa shape index (κ3) is 4.87. The fourth-order valence-corrected chi connectivity index (χ4v) is 5.31. The van der Waals surface area contributed by atoms with Crippen molar-refractivity contribution in [2.24, 2.45) is 4.99 Å². The van der Waals surface area contributed by atoms with Crippen LogP contribution in [0.4, 0.5) is 10.1 Å². The monoisotopic (exact) mass is 545 g/mol. The molecule has 0 bridgehead atoms. The van der Waals surface area contributed by atoms with Crippen LogP contribution in [0, 0.1) is 15.9 Å². The minimum absolute atomic E-state index is 0.0701. The number of carbonyl (C=O) groups is 1. The number of hydrogen-bond acceptors (Lipinski definition) is 8. The summed E-state index contributed by atoms with van der Waals surface area (Å²) in [6, 6.07) is 16.8. The van der Waals surface area contributed by atoms with Crippen LogP contribution in [0.3, 0.4) is 0 Å². The molecule has 0 unspecified atom stereocenters. The third-order valence-corrected chi connectivity index (χ3v) is 7.05. The van der Waals surface area contributed by atoms with Crippen molar-refractivity contribution in [2.45, 2.75) is 13.0 Å². The molecule has 4 aromatic rings. The van der Waals surface area contributed by atoms with Gasteiger partial charge in [-0.2, -0.15) is 0 Å². The molecule has 0 saturated carbocycles. The number of carbonyl (C=O) groups excluding carboxylic acids is 1. The Kier molecular flexibility index (Phi) is 6.90. The summed E-state index contributed by atoms with van der Waals surface area (Å²) in [6.45, 7) is 1.74. The summed E-state index contributed by atoms with van der Waals surface area (Å²) in [5.41, 5.74) is 0.733. The number of esters is 1. The van der Waals surface area contributed by atoms with Crippen LogP contribution in [0.1, 0.15) is 29.7 Å². The molecule has 11 heteroatoms. The highest BCUT2D eigenvalue weighted by Crippen LogP contribution is 2.35. The number of phenols is 1. The predicted octanol–water partition coefficient (Wildman–Crippen LogP) is 3.69. The molecule has 0 fully saturated rings. The van der Waals surface area contributed by atoms with E-state index in [2.05, 4.69) is 4.99 Å². The number of non-ortho nitro benzene ring substituents is 1. The summed E-state index contributed by atoms with van der Waals surface area (Å²) in [5, 5.41) is 21.6. The van der Waals surface area contributed by atoms with Gasteiger partial charge in [0, 0.05) is 23.3 Å². The van der Waals surface area contributed by atoms with Crippen molar-refractivity contribution in [1.82, 2.24) is 4.57 Å². The normalized spacial score (nSPS) is 15.0. The maximum Gasteiger partial charge on any atom is 0.338 e. The molecule has 1 aromatic heterocycles. The van der Waals surface area contributed by atoms with Crippen molar-refractivity contribution in [3.8, 4) is 5.75 Å². The van der Waals surface area contributed by atoms with Crippen LogP contribution >= 0.6 is 11.3 Å². The summed E-state index contributed by atoms with van der Waals surface area (Å²) in [5.74, 6) is -1.42. The second-order valence-electron chi connectivity index (χ2n) is 8.48. The average molecular weight is 546 g/mol. The molecule has 0 saturated heterocycles. The first-order valence-corrected chi connectivity index (χ1v) is 12.6. The molecule has 3 aromatic carbocycles. The summed E-state index contributed by atoms with van der Waals surface area (Å²) >= 11 is 0.994. The van der Waals surface area contributed by atoms with Crippen molar-refractivity contribution in [3.63, 3.8) is 0 Å². The fraction of sp³-hybridized carbons (Fsp3) is 0.107. The van der Waals surface area contributed by atoms with Crippen molar-refractivity contribution in [2.75, 3.05) is 6.61 Å². The van der Waals surface area contributed by atoms with E-state index in [0.717, 1.165) is 23.5 Å². The van der Waals surface area contributed by atoms with Gasteiger partial charge in [-0.05, 0) is 36.8 Å². The van der Waals surface area contributed by atoms with Gasteiger partial charge in [0.15, 0.2) is 4.80 Å². The Bertz CT molecular complexity index is 1810. The lowest BCUT2D eigenvalue weighted by atomic mass is 9.93. The summed E-state index contributed by atoms with van der Waals surface area (Å²) in [4.78, 5) is 42.7. The van der Waals surface area contributed by atoms with E-state index in [1.54, 1.807) is 31.2 Å². The lowest BCUT2D eigenvalue weighted by Crippen LogP contribution is -2.40. The van der Waals surface area contributed by atoms with Gasteiger partial charge in [0.1, 0.15) is 11.6 Å². The van der Waals surface area contributed by atoms with Gasteiger partial charge >= 0.3 is 5.97 Å². The Balaban J connectivity index is 1.83. The number of ether oxygens (including phenoxy) is 1. The number of rotatable bonds is 6. The van der Waals surface area contributed by atoms with Crippen LogP contribution in [0.5, 0.6) is 5.75 Å². The summed E-state index contributed by atoms with van der Waals surface area (Å²) in [6.07, 6.45) is 1.34. The van der Waals surface area contributed by atoms with Crippen molar-refractivity contribution in [1.29, 1.82) is 0 Å². The van der Waals surface area contributed by atoms with Gasteiger partial charge in [-0.1, -0.05) is 53.8 Å². The number of nitrogens with zero attached hydrogens (tertiary/aromatic N) is 3. The van der Waals surface area contributed by atoms with Crippen molar-refractivity contribution < 1.29 is 24.0 Å². The number of benzene rings is 3. The van der Waals surface area contributed by atoms with Crippen LogP contribution in [-0.4, -0.2) is 27.2 Å². The molecule has 0 aliphatic carbocycles. The molecule has 0 amide bonds. The SMILES string of the molecule is CCOC(=O)C1=C(c2ccccc2)N=c2s/c(=C\c3cc([N+](=O)[O-])ccc3O)c(=O)n2[C@H]1c1ccc(F)cc1. The number of aromatic nitrogens is 1. The fourth-order valence-electron chi connectivity index (χ4n) is 4.31. The Morgan fingerprint density at radius 3 is 2.56 bits per heavy atom. The van der Waals surface area contributed by atoms with Crippen LogP contribution in [0.15, 0.2) is 88.2 Å². The zero-order valence-electron chi connectivity index (χ0n) is 20.4. The molecular formula is C28H20FN3O6S. The minimum Gasteiger partial charge on any atom is -0.507 e. The lowest BCUT2D eigenvalue weighted by Gasteiger charge is -2.25. The van der Waals surface area contributed by atoms with E-state index in [9.17, 15) is 29.2 Å². The van der Waals surface area contributed by atoms with Crippen molar-refractivity contribution >= 4 is 34.8 Å². The van der Waals surface area contributed by atoms with Crippen LogP contribution < -0.4 is 14.9 Å². The topological polar surface area (TPSA) is 124 Å². The maximum atomic E-state index is 13.9. The van der Waals surface area contributed by atoms with Gasteiger partial charge in [-0.15, -0.1) is 0 Å². The van der Waals surface area contributed by atoms with Gasteiger partial charge in [0.25, 0.3) is 11.2 Å². The largest absolute Gasteiger partial charge is 0.507 e. The zero-order valence-corrected chi connectivity index (χ0v) is 21.2. The minimum atomic E-state index is -1.00.